The first-order chi connectivity index (χ1) is 10.0. The molecule has 1 fully saturated rings. The molecule has 116 valence electrons. The Balaban J connectivity index is 1.75. The third kappa shape index (κ3) is 5.26. The maximum Gasteiger partial charge on any atom is 0.305 e. The van der Waals surface area contributed by atoms with Crippen LogP contribution >= 0.6 is 11.6 Å². The second kappa shape index (κ2) is 7.73. The van der Waals surface area contributed by atoms with Gasteiger partial charge >= 0.3 is 5.97 Å². The van der Waals surface area contributed by atoms with Crippen molar-refractivity contribution in [1.29, 1.82) is 0 Å². The van der Waals surface area contributed by atoms with Gasteiger partial charge in [-0.05, 0) is 30.5 Å². The molecule has 0 spiro atoms. The molecule has 6 heteroatoms. The van der Waals surface area contributed by atoms with Crippen LogP contribution in [-0.4, -0.2) is 41.8 Å². The van der Waals surface area contributed by atoms with E-state index >= 15 is 0 Å². The number of carbonyl (C=O) groups is 1. The number of carboxylic acids is 1. The number of nitrogens with zero attached hydrogens (tertiary/aromatic N) is 1. The molecule has 2 rings (SSSR count). The second-order valence-electron chi connectivity index (χ2n) is 5.23. The smallest absolute Gasteiger partial charge is 0.305 e. The van der Waals surface area contributed by atoms with Gasteiger partial charge in [-0.25, -0.2) is 4.39 Å². The van der Waals surface area contributed by atoms with Crippen LogP contribution in [0.2, 0.25) is 5.02 Å². The normalized spacial score (nSPS) is 17.0. The third-order valence-corrected chi connectivity index (χ3v) is 3.96. The molecule has 1 aliphatic rings. The Morgan fingerprint density at radius 2 is 2.14 bits per heavy atom. The van der Waals surface area contributed by atoms with E-state index < -0.39 is 5.97 Å². The van der Waals surface area contributed by atoms with Crippen molar-refractivity contribution in [2.75, 3.05) is 19.7 Å². The number of carboxylic acid groups (broad SMARTS) is 1. The van der Waals surface area contributed by atoms with E-state index in [0.717, 1.165) is 31.5 Å². The van der Waals surface area contributed by atoms with Gasteiger partial charge in [0, 0.05) is 24.7 Å². The number of aliphatic carboxylic acids is 1. The summed E-state index contributed by atoms with van der Waals surface area (Å²) in [6.45, 7) is 2.70. The Morgan fingerprint density at radius 3 is 2.76 bits per heavy atom. The maximum atomic E-state index is 13.0. The molecule has 0 atom stereocenters. The lowest BCUT2D eigenvalue weighted by atomic mass is 10.1. The van der Waals surface area contributed by atoms with Crippen molar-refractivity contribution in [1.82, 2.24) is 4.90 Å². The van der Waals surface area contributed by atoms with Gasteiger partial charge in [0.25, 0.3) is 0 Å². The molecular formula is C15H19ClFNO3. The van der Waals surface area contributed by atoms with Crippen LogP contribution in [-0.2, 0) is 16.1 Å². The zero-order valence-corrected chi connectivity index (χ0v) is 12.5. The lowest BCUT2D eigenvalue weighted by Gasteiger charge is -2.32. The Labute approximate surface area is 128 Å². The molecular weight excluding hydrogens is 297 g/mol. The van der Waals surface area contributed by atoms with E-state index in [9.17, 15) is 9.18 Å². The van der Waals surface area contributed by atoms with E-state index in [0.29, 0.717) is 11.6 Å². The van der Waals surface area contributed by atoms with Crippen molar-refractivity contribution in [2.45, 2.75) is 31.9 Å². The largest absolute Gasteiger partial charge is 0.481 e. The predicted molar refractivity (Wildman–Crippen MR) is 77.9 cm³/mol. The fourth-order valence-corrected chi connectivity index (χ4v) is 2.66. The summed E-state index contributed by atoms with van der Waals surface area (Å²) in [7, 11) is 0. The summed E-state index contributed by atoms with van der Waals surface area (Å²) in [5.41, 5.74) is 0.920. The summed E-state index contributed by atoms with van der Waals surface area (Å²) in [4.78, 5) is 12.7. The Morgan fingerprint density at radius 1 is 1.43 bits per heavy atom. The minimum absolute atomic E-state index is 0.0470. The first-order valence-corrected chi connectivity index (χ1v) is 7.42. The molecule has 0 aromatic heterocycles. The Bertz CT molecular complexity index is 490. The molecule has 1 aromatic rings. The number of hydrogen-bond donors (Lipinski definition) is 1. The minimum atomic E-state index is -0.835. The highest BCUT2D eigenvalue weighted by Gasteiger charge is 2.20. The predicted octanol–water partition coefficient (Wildman–Crippen LogP) is 2.93. The average Bonchev–Trinajstić information content (AvgIpc) is 2.43. The number of halogens is 2. The van der Waals surface area contributed by atoms with Crippen LogP contribution in [0.15, 0.2) is 18.2 Å². The Hall–Kier alpha value is -1.17. The topological polar surface area (TPSA) is 49.8 Å². The van der Waals surface area contributed by atoms with Crippen LogP contribution in [0, 0.1) is 5.82 Å². The number of piperidine rings is 1. The van der Waals surface area contributed by atoms with Crippen molar-refractivity contribution < 1.29 is 19.0 Å². The number of benzene rings is 1. The maximum absolute atomic E-state index is 13.0. The number of ether oxygens (including phenoxy) is 1. The number of rotatable bonds is 6. The van der Waals surface area contributed by atoms with E-state index in [1.54, 1.807) is 6.07 Å². The molecule has 1 saturated heterocycles. The van der Waals surface area contributed by atoms with E-state index in [4.69, 9.17) is 21.4 Å². The van der Waals surface area contributed by atoms with E-state index in [1.165, 1.54) is 12.1 Å². The van der Waals surface area contributed by atoms with Crippen LogP contribution in [0.25, 0.3) is 0 Å². The molecule has 1 aromatic carbocycles. The summed E-state index contributed by atoms with van der Waals surface area (Å²) >= 11 is 6.03. The Kier molecular flexibility index (Phi) is 5.96. The van der Waals surface area contributed by atoms with Gasteiger partial charge in [-0.1, -0.05) is 17.7 Å². The third-order valence-electron chi connectivity index (χ3n) is 3.61. The van der Waals surface area contributed by atoms with Gasteiger partial charge in [-0.3, -0.25) is 9.69 Å². The quantitative estimate of drug-likeness (QED) is 0.877. The highest BCUT2D eigenvalue weighted by Crippen LogP contribution is 2.22. The zero-order chi connectivity index (χ0) is 15.2. The molecule has 0 radical (unpaired) electrons. The molecule has 0 unspecified atom stereocenters. The van der Waals surface area contributed by atoms with Crippen LogP contribution in [0.4, 0.5) is 4.39 Å². The van der Waals surface area contributed by atoms with Crippen LogP contribution in [0.3, 0.4) is 0 Å². The van der Waals surface area contributed by atoms with Crippen molar-refractivity contribution in [3.63, 3.8) is 0 Å². The molecule has 21 heavy (non-hydrogen) atoms. The van der Waals surface area contributed by atoms with Crippen molar-refractivity contribution >= 4 is 17.6 Å². The van der Waals surface area contributed by atoms with Gasteiger partial charge in [0.1, 0.15) is 5.82 Å². The first-order valence-electron chi connectivity index (χ1n) is 7.04. The highest BCUT2D eigenvalue weighted by molar-refractivity contribution is 6.31. The summed E-state index contributed by atoms with van der Waals surface area (Å²) < 4.78 is 18.5. The van der Waals surface area contributed by atoms with Crippen LogP contribution in [0.5, 0.6) is 0 Å². The number of likely N-dealkylation sites (tertiary alicyclic amines) is 1. The summed E-state index contributed by atoms with van der Waals surface area (Å²) in [5, 5.41) is 9.02. The summed E-state index contributed by atoms with van der Waals surface area (Å²) in [6.07, 6.45) is 1.92. The van der Waals surface area contributed by atoms with E-state index in [-0.39, 0.29) is 24.9 Å². The summed E-state index contributed by atoms with van der Waals surface area (Å²) in [5.74, 6) is -1.16. The van der Waals surface area contributed by atoms with Gasteiger partial charge in [0.05, 0.1) is 19.1 Å². The van der Waals surface area contributed by atoms with Crippen LogP contribution in [0.1, 0.15) is 24.8 Å². The van der Waals surface area contributed by atoms with E-state index in [2.05, 4.69) is 4.90 Å². The SMILES string of the molecule is O=C(O)CCOC1CCN(Cc2ccc(F)cc2Cl)CC1. The first kappa shape index (κ1) is 16.2. The van der Waals surface area contributed by atoms with Gasteiger partial charge in [-0.2, -0.15) is 0 Å². The van der Waals surface area contributed by atoms with Gasteiger partial charge < -0.3 is 9.84 Å². The second-order valence-corrected chi connectivity index (χ2v) is 5.63. The molecule has 4 nitrogen and oxygen atoms in total. The molecule has 0 amide bonds. The van der Waals surface area contributed by atoms with Gasteiger partial charge in [-0.15, -0.1) is 0 Å². The van der Waals surface area contributed by atoms with Gasteiger partial charge in [0.15, 0.2) is 0 Å². The molecule has 0 saturated carbocycles. The van der Waals surface area contributed by atoms with E-state index in [1.807, 2.05) is 0 Å². The molecule has 1 N–H and O–H groups in total. The van der Waals surface area contributed by atoms with Crippen molar-refractivity contribution in [3.05, 3.63) is 34.6 Å². The molecule has 1 heterocycles. The van der Waals surface area contributed by atoms with Crippen LogP contribution < -0.4 is 0 Å². The monoisotopic (exact) mass is 315 g/mol. The van der Waals surface area contributed by atoms with Crippen molar-refractivity contribution in [3.8, 4) is 0 Å². The number of hydrogen-bond acceptors (Lipinski definition) is 3. The van der Waals surface area contributed by atoms with Crippen molar-refractivity contribution in [2.24, 2.45) is 0 Å². The molecule has 0 aliphatic carbocycles. The lowest BCUT2D eigenvalue weighted by molar-refractivity contribution is -0.138. The molecule has 0 bridgehead atoms. The standard InChI is InChI=1S/C15H19ClFNO3/c16-14-9-12(17)2-1-11(14)10-18-6-3-13(4-7-18)21-8-5-15(19)20/h1-2,9,13H,3-8,10H2,(H,19,20). The molecule has 1 aliphatic heterocycles. The fraction of sp³-hybridized carbons (Fsp3) is 0.533. The lowest BCUT2D eigenvalue weighted by Crippen LogP contribution is -2.36. The zero-order valence-electron chi connectivity index (χ0n) is 11.7. The average molecular weight is 316 g/mol. The van der Waals surface area contributed by atoms with Gasteiger partial charge in [0.2, 0.25) is 0 Å². The highest BCUT2D eigenvalue weighted by atomic mass is 35.5. The fourth-order valence-electron chi connectivity index (χ4n) is 2.44. The minimum Gasteiger partial charge on any atom is -0.481 e. The summed E-state index contributed by atoms with van der Waals surface area (Å²) in [6, 6.07) is 4.47.